The van der Waals surface area contributed by atoms with Gasteiger partial charge in [0.2, 0.25) is 0 Å². The predicted octanol–water partition coefficient (Wildman–Crippen LogP) is 5.58. The van der Waals surface area contributed by atoms with E-state index in [-0.39, 0.29) is 24.2 Å². The van der Waals surface area contributed by atoms with Crippen molar-refractivity contribution in [2.24, 2.45) is 0 Å². The molecular weight excluding hydrogens is 525 g/mol. The van der Waals surface area contributed by atoms with Gasteiger partial charge in [-0.1, -0.05) is 18.2 Å². The Hall–Kier alpha value is -3.41. The summed E-state index contributed by atoms with van der Waals surface area (Å²) in [7, 11) is 2.05. The number of aliphatic carboxylic acids is 1. The lowest BCUT2D eigenvalue weighted by atomic mass is 10.0. The van der Waals surface area contributed by atoms with Crippen molar-refractivity contribution < 1.29 is 41.4 Å². The number of carboxylic acids is 1. The van der Waals surface area contributed by atoms with Crippen LogP contribution in [-0.4, -0.2) is 64.9 Å². The number of carbonyl (C=O) groups excluding carboxylic acids is 1. The lowest BCUT2D eigenvalue weighted by Crippen LogP contribution is -2.49. The Kier molecular flexibility index (Phi) is 11.1. The minimum Gasteiger partial charge on any atom is -0.488 e. The van der Waals surface area contributed by atoms with Crippen molar-refractivity contribution in [3.05, 3.63) is 65.2 Å². The Morgan fingerprint density at radius 2 is 1.62 bits per heavy atom. The second-order valence-corrected chi connectivity index (χ2v) is 10.2. The summed E-state index contributed by atoms with van der Waals surface area (Å²) in [6, 6.07) is 10.8. The van der Waals surface area contributed by atoms with Crippen molar-refractivity contribution in [1.82, 2.24) is 15.1 Å². The van der Waals surface area contributed by atoms with Crippen molar-refractivity contribution in [2.75, 3.05) is 20.1 Å². The number of hydrogen-bond acceptors (Lipinski definition) is 4. The van der Waals surface area contributed by atoms with Crippen molar-refractivity contribution in [1.29, 1.82) is 0 Å². The number of nitrogens with zero attached hydrogens (tertiary/aromatic N) is 2. The molecule has 0 spiro atoms. The third-order valence-corrected chi connectivity index (χ3v) is 5.78. The highest BCUT2D eigenvalue weighted by atomic mass is 19.4. The van der Waals surface area contributed by atoms with Crippen LogP contribution in [0.5, 0.6) is 5.75 Å². The number of carboxylic acid groups (broad SMARTS) is 1. The number of hydrogen-bond donors (Lipinski definition) is 2. The van der Waals surface area contributed by atoms with Gasteiger partial charge in [0.15, 0.2) is 0 Å². The molecule has 3 rings (SSSR count). The zero-order chi connectivity index (χ0) is 29.4. The highest BCUT2D eigenvalue weighted by molar-refractivity contribution is 5.74. The molecule has 0 unspecified atom stereocenters. The average molecular weight is 560 g/mol. The van der Waals surface area contributed by atoms with Gasteiger partial charge in [-0.3, -0.25) is 0 Å². The molecule has 0 saturated carbocycles. The van der Waals surface area contributed by atoms with E-state index in [4.69, 9.17) is 14.6 Å². The molecule has 1 aliphatic rings. The molecular formula is C27H34F5N3O4. The van der Waals surface area contributed by atoms with Gasteiger partial charge < -0.3 is 25.0 Å². The number of benzene rings is 2. The van der Waals surface area contributed by atoms with E-state index in [1.54, 1.807) is 4.90 Å². The van der Waals surface area contributed by atoms with Crippen molar-refractivity contribution >= 4 is 12.0 Å². The molecule has 12 heteroatoms. The van der Waals surface area contributed by atoms with E-state index in [0.717, 1.165) is 43.3 Å². The largest absolute Gasteiger partial charge is 0.490 e. The Balaban J connectivity index is 0.000000673. The summed E-state index contributed by atoms with van der Waals surface area (Å²) >= 11 is 0. The average Bonchev–Trinajstić information content (AvgIpc) is 2.82. The fourth-order valence-corrected chi connectivity index (χ4v) is 3.81. The number of rotatable bonds is 6. The Morgan fingerprint density at radius 1 is 1.05 bits per heavy atom. The van der Waals surface area contributed by atoms with Crippen LogP contribution in [0.3, 0.4) is 0 Å². The third kappa shape index (κ3) is 11.1. The molecule has 0 aromatic heterocycles. The number of likely N-dealkylation sites (tertiary alicyclic amines) is 1. The van der Waals surface area contributed by atoms with Crippen molar-refractivity contribution in [2.45, 2.75) is 64.5 Å². The summed E-state index contributed by atoms with van der Waals surface area (Å²) < 4.78 is 65.2. The number of urea groups is 1. The van der Waals surface area contributed by atoms with Crippen LogP contribution in [0.1, 0.15) is 44.7 Å². The number of ether oxygens (including phenoxy) is 1. The zero-order valence-corrected chi connectivity index (χ0v) is 22.3. The normalized spacial score (nSPS) is 14.7. The standard InChI is InChI=1S/C25H33F2N3O2.C2HF3O2/c1-25(2,3)32-22-9-5-18(6-10-22)16-28-24(31)30(21-11-13-29(4)14-12-21)17-19-7-8-20(26)15-23(19)27;3-2(4,5)1(6)7/h5-10,15,21H,11-14,16-17H2,1-4H3,(H,28,31);(H,6,7). The van der Waals surface area contributed by atoms with Gasteiger partial charge in [0.1, 0.15) is 23.0 Å². The number of piperidine rings is 1. The third-order valence-electron chi connectivity index (χ3n) is 5.78. The smallest absolute Gasteiger partial charge is 0.488 e. The second-order valence-electron chi connectivity index (χ2n) is 10.2. The molecule has 2 amide bonds. The lowest BCUT2D eigenvalue weighted by molar-refractivity contribution is -0.192. The molecule has 1 fully saturated rings. The van der Waals surface area contributed by atoms with Crippen LogP contribution in [0.2, 0.25) is 0 Å². The van der Waals surface area contributed by atoms with Gasteiger partial charge in [-0.05, 0) is 77.5 Å². The van der Waals surface area contributed by atoms with E-state index in [0.29, 0.717) is 12.1 Å². The Morgan fingerprint density at radius 3 is 2.10 bits per heavy atom. The molecule has 2 aromatic carbocycles. The first-order valence-corrected chi connectivity index (χ1v) is 12.3. The van der Waals surface area contributed by atoms with E-state index in [2.05, 4.69) is 10.2 Å². The molecule has 1 heterocycles. The molecule has 0 aliphatic carbocycles. The molecule has 0 bridgehead atoms. The minimum absolute atomic E-state index is 0.00165. The van der Waals surface area contributed by atoms with Gasteiger partial charge in [-0.2, -0.15) is 13.2 Å². The number of alkyl halides is 3. The van der Waals surface area contributed by atoms with E-state index in [9.17, 15) is 26.7 Å². The maximum Gasteiger partial charge on any atom is 0.490 e. The molecule has 0 radical (unpaired) electrons. The molecule has 216 valence electrons. The summed E-state index contributed by atoms with van der Waals surface area (Å²) in [4.78, 5) is 25.9. The van der Waals surface area contributed by atoms with Gasteiger partial charge >= 0.3 is 18.2 Å². The van der Waals surface area contributed by atoms with E-state index in [1.807, 2.05) is 52.1 Å². The van der Waals surface area contributed by atoms with Crippen LogP contribution >= 0.6 is 0 Å². The summed E-state index contributed by atoms with van der Waals surface area (Å²) in [5.41, 5.74) is 0.972. The van der Waals surface area contributed by atoms with Gasteiger partial charge in [0.25, 0.3) is 0 Å². The van der Waals surface area contributed by atoms with Crippen LogP contribution < -0.4 is 10.1 Å². The number of amides is 2. The fraction of sp³-hybridized carbons (Fsp3) is 0.481. The summed E-state index contributed by atoms with van der Waals surface area (Å²) in [6.45, 7) is 8.16. The first-order valence-electron chi connectivity index (χ1n) is 12.3. The Bertz CT molecular complexity index is 1100. The van der Waals surface area contributed by atoms with Crippen LogP contribution in [-0.2, 0) is 17.9 Å². The predicted molar refractivity (Wildman–Crippen MR) is 135 cm³/mol. The maximum atomic E-state index is 14.3. The maximum absolute atomic E-state index is 14.3. The van der Waals surface area contributed by atoms with Gasteiger partial charge in [-0.15, -0.1) is 0 Å². The van der Waals surface area contributed by atoms with E-state index < -0.39 is 23.8 Å². The summed E-state index contributed by atoms with van der Waals surface area (Å²) in [5, 5.41) is 10.1. The second kappa shape index (κ2) is 13.6. The molecule has 7 nitrogen and oxygen atoms in total. The molecule has 1 aliphatic heterocycles. The van der Waals surface area contributed by atoms with Crippen molar-refractivity contribution in [3.8, 4) is 5.75 Å². The summed E-state index contributed by atoms with van der Waals surface area (Å²) in [5.74, 6) is -3.24. The van der Waals surface area contributed by atoms with E-state index >= 15 is 0 Å². The van der Waals surface area contributed by atoms with Crippen LogP contribution in [0.25, 0.3) is 0 Å². The first kappa shape index (κ1) is 31.8. The molecule has 2 aromatic rings. The molecule has 0 atom stereocenters. The minimum atomic E-state index is -5.08. The Labute approximate surface area is 224 Å². The van der Waals surface area contributed by atoms with Gasteiger partial charge in [0, 0.05) is 24.2 Å². The van der Waals surface area contributed by atoms with Crippen LogP contribution in [0.4, 0.5) is 26.7 Å². The topological polar surface area (TPSA) is 82.1 Å². The van der Waals surface area contributed by atoms with Gasteiger partial charge in [-0.25, -0.2) is 18.4 Å². The van der Waals surface area contributed by atoms with Gasteiger partial charge in [0.05, 0.1) is 6.54 Å². The molecule has 2 N–H and O–H groups in total. The van der Waals surface area contributed by atoms with Crippen LogP contribution in [0, 0.1) is 11.6 Å². The first-order chi connectivity index (χ1) is 18.0. The highest BCUT2D eigenvalue weighted by Gasteiger charge is 2.38. The summed E-state index contributed by atoms with van der Waals surface area (Å²) in [6.07, 6.45) is -3.46. The molecule has 1 saturated heterocycles. The quantitative estimate of drug-likeness (QED) is 0.452. The molecule has 39 heavy (non-hydrogen) atoms. The number of carbonyl (C=O) groups is 2. The lowest BCUT2D eigenvalue weighted by Gasteiger charge is -2.37. The SMILES string of the molecule is CN1CCC(N(Cc2ccc(F)cc2F)C(=O)NCc2ccc(OC(C)(C)C)cc2)CC1.O=C(O)C(F)(F)F. The number of nitrogens with one attached hydrogen (secondary N) is 1. The highest BCUT2D eigenvalue weighted by Crippen LogP contribution is 2.22. The fourth-order valence-electron chi connectivity index (χ4n) is 3.81. The number of halogens is 5. The zero-order valence-electron chi connectivity index (χ0n) is 22.3. The van der Waals surface area contributed by atoms with E-state index in [1.165, 1.54) is 12.1 Å². The van der Waals surface area contributed by atoms with Crippen molar-refractivity contribution in [3.63, 3.8) is 0 Å². The van der Waals surface area contributed by atoms with Crippen LogP contribution in [0.15, 0.2) is 42.5 Å². The monoisotopic (exact) mass is 559 g/mol.